The Balaban J connectivity index is 2.41. The van der Waals surface area contributed by atoms with E-state index in [0.29, 0.717) is 5.57 Å². The van der Waals surface area contributed by atoms with E-state index in [-0.39, 0.29) is 35.9 Å². The number of nitrogens with one attached hydrogen (secondary N) is 1. The average Bonchev–Trinajstić information content (AvgIpc) is 2.78. The number of carbonyl (C=O) groups excluding carboxylic acids is 1. The molecule has 5 nitrogen and oxygen atoms in total. The maximum atomic E-state index is 14.2. The standard InChI is InChI=1S/C28H38F5N3O2Si/c1-9-10-24(27(16-21(30)17-27)25(37)34-22-13-11-20(29)12-14-22)36(6)35-23(28(31,32)33)15-19(2)18-38-39(7,8)26(3,4)5/h9-15,21H,1,16-18H2,2-8H3,(H,34,37)/b19-15+,24-10-,35-23+. The number of allylic oxidation sites excluding steroid dienone is 3. The van der Waals surface area contributed by atoms with Gasteiger partial charge in [0, 0.05) is 12.7 Å². The number of hydrogen-bond donors (Lipinski definition) is 1. The van der Waals surface area contributed by atoms with Crippen LogP contribution in [0.15, 0.2) is 65.4 Å². The Bertz CT molecular complexity index is 1130. The summed E-state index contributed by atoms with van der Waals surface area (Å²) in [4.78, 5) is 13.3. The number of hydrazone groups is 1. The third-order valence-electron chi connectivity index (χ3n) is 7.19. The number of halogens is 5. The number of anilines is 1. The molecule has 39 heavy (non-hydrogen) atoms. The Hall–Kier alpha value is -2.79. The maximum Gasteiger partial charge on any atom is 0.435 e. The maximum absolute atomic E-state index is 14.2. The fraction of sp³-hybridized carbons (Fsp3) is 0.500. The molecular weight excluding hydrogens is 533 g/mol. The van der Waals surface area contributed by atoms with Gasteiger partial charge in [0.1, 0.15) is 12.0 Å². The van der Waals surface area contributed by atoms with Crippen LogP contribution >= 0.6 is 0 Å². The molecule has 11 heteroatoms. The van der Waals surface area contributed by atoms with E-state index in [2.05, 4.69) is 17.0 Å². The molecule has 0 bridgehead atoms. The first kappa shape index (κ1) is 32.4. The minimum absolute atomic E-state index is 0.0121. The number of hydrogen-bond acceptors (Lipinski definition) is 4. The van der Waals surface area contributed by atoms with Crippen molar-refractivity contribution in [2.45, 2.75) is 71.0 Å². The second-order valence-corrected chi connectivity index (χ2v) is 16.2. The average molecular weight is 572 g/mol. The van der Waals surface area contributed by atoms with Crippen molar-refractivity contribution in [1.29, 1.82) is 0 Å². The van der Waals surface area contributed by atoms with E-state index in [1.165, 1.54) is 38.3 Å². The first-order valence-corrected chi connectivity index (χ1v) is 15.5. The second-order valence-electron chi connectivity index (χ2n) is 11.4. The number of benzene rings is 1. The summed E-state index contributed by atoms with van der Waals surface area (Å²) in [5.74, 6) is -1.14. The lowest BCUT2D eigenvalue weighted by atomic mass is 9.64. The third-order valence-corrected chi connectivity index (χ3v) is 11.7. The van der Waals surface area contributed by atoms with Crippen LogP contribution < -0.4 is 5.32 Å². The number of carbonyl (C=O) groups is 1. The van der Waals surface area contributed by atoms with Crippen molar-refractivity contribution in [3.8, 4) is 0 Å². The summed E-state index contributed by atoms with van der Waals surface area (Å²) in [5.41, 5.74) is -2.04. The summed E-state index contributed by atoms with van der Waals surface area (Å²) in [6.07, 6.45) is -3.07. The lowest BCUT2D eigenvalue weighted by molar-refractivity contribution is -0.132. The summed E-state index contributed by atoms with van der Waals surface area (Å²) >= 11 is 0. The van der Waals surface area contributed by atoms with Crippen molar-refractivity contribution in [3.05, 3.63) is 66.2 Å². The molecule has 1 saturated carbocycles. The topological polar surface area (TPSA) is 53.9 Å². The molecule has 0 aliphatic heterocycles. The van der Waals surface area contributed by atoms with Crippen molar-refractivity contribution >= 4 is 25.6 Å². The highest BCUT2D eigenvalue weighted by Crippen LogP contribution is 2.50. The molecule has 1 aromatic rings. The summed E-state index contributed by atoms with van der Waals surface area (Å²) in [6, 6.07) is 4.98. The van der Waals surface area contributed by atoms with E-state index in [0.717, 1.165) is 23.2 Å². The van der Waals surface area contributed by atoms with Crippen LogP contribution in [0, 0.1) is 11.2 Å². The number of alkyl halides is 4. The number of amides is 1. The van der Waals surface area contributed by atoms with Crippen molar-refractivity contribution in [1.82, 2.24) is 5.01 Å². The van der Waals surface area contributed by atoms with Gasteiger partial charge < -0.3 is 9.74 Å². The van der Waals surface area contributed by atoms with E-state index in [4.69, 9.17) is 4.43 Å². The van der Waals surface area contributed by atoms with Gasteiger partial charge in [-0.2, -0.15) is 18.3 Å². The van der Waals surface area contributed by atoms with Crippen LogP contribution in [0.1, 0.15) is 40.5 Å². The second kappa shape index (κ2) is 12.2. The quantitative estimate of drug-likeness (QED) is 0.103. The summed E-state index contributed by atoms with van der Waals surface area (Å²) < 4.78 is 75.6. The van der Waals surface area contributed by atoms with Crippen LogP contribution in [-0.2, 0) is 9.22 Å². The van der Waals surface area contributed by atoms with Crippen LogP contribution in [0.25, 0.3) is 0 Å². The first-order valence-electron chi connectivity index (χ1n) is 12.6. The van der Waals surface area contributed by atoms with Gasteiger partial charge in [-0.15, -0.1) is 0 Å². The van der Waals surface area contributed by atoms with Gasteiger partial charge in [-0.05, 0) is 79.9 Å². The third kappa shape index (κ3) is 8.11. The summed E-state index contributed by atoms with van der Waals surface area (Å²) in [5, 5.41) is 7.26. The minimum atomic E-state index is -4.81. The molecule has 1 amide bonds. The van der Waals surface area contributed by atoms with Gasteiger partial charge in [-0.1, -0.05) is 33.4 Å². The molecule has 0 heterocycles. The molecule has 1 aromatic carbocycles. The normalized spacial score (nSPS) is 21.3. The van der Waals surface area contributed by atoms with Gasteiger partial charge in [0.05, 0.1) is 17.7 Å². The van der Waals surface area contributed by atoms with E-state index in [1.807, 2.05) is 33.9 Å². The van der Waals surface area contributed by atoms with Gasteiger partial charge >= 0.3 is 6.18 Å². The van der Waals surface area contributed by atoms with Crippen LogP contribution in [0.5, 0.6) is 0 Å². The monoisotopic (exact) mass is 571 g/mol. The fourth-order valence-electron chi connectivity index (χ4n) is 3.85. The minimum Gasteiger partial charge on any atom is -0.413 e. The molecule has 0 radical (unpaired) electrons. The molecule has 0 spiro atoms. The molecule has 1 fully saturated rings. The van der Waals surface area contributed by atoms with Crippen LogP contribution in [-0.4, -0.2) is 50.9 Å². The van der Waals surface area contributed by atoms with Crippen molar-refractivity contribution in [2.24, 2.45) is 10.5 Å². The Morgan fingerprint density at radius 3 is 2.26 bits per heavy atom. The largest absolute Gasteiger partial charge is 0.435 e. The van der Waals surface area contributed by atoms with Crippen molar-refractivity contribution in [2.75, 3.05) is 19.0 Å². The Kier molecular flexibility index (Phi) is 10.1. The predicted octanol–water partition coefficient (Wildman–Crippen LogP) is 7.77. The number of rotatable bonds is 10. The van der Waals surface area contributed by atoms with Gasteiger partial charge in [0.25, 0.3) is 0 Å². The highest BCUT2D eigenvalue weighted by atomic mass is 28.4. The molecule has 2 rings (SSSR count). The molecule has 0 saturated heterocycles. The Morgan fingerprint density at radius 2 is 1.79 bits per heavy atom. The van der Waals surface area contributed by atoms with E-state index < -0.39 is 43.5 Å². The molecule has 216 valence electrons. The molecule has 0 unspecified atom stereocenters. The van der Waals surface area contributed by atoms with Gasteiger partial charge in [0.15, 0.2) is 14.0 Å². The van der Waals surface area contributed by atoms with Gasteiger partial charge in [0.2, 0.25) is 5.91 Å². The van der Waals surface area contributed by atoms with Crippen molar-refractivity contribution < 1.29 is 31.2 Å². The van der Waals surface area contributed by atoms with Crippen molar-refractivity contribution in [3.63, 3.8) is 0 Å². The highest BCUT2D eigenvalue weighted by Gasteiger charge is 2.55. The predicted molar refractivity (Wildman–Crippen MR) is 148 cm³/mol. The van der Waals surface area contributed by atoms with Gasteiger partial charge in [-0.3, -0.25) is 9.80 Å². The van der Waals surface area contributed by atoms with E-state index in [9.17, 15) is 26.7 Å². The molecule has 0 atom stereocenters. The van der Waals surface area contributed by atoms with E-state index >= 15 is 0 Å². The highest BCUT2D eigenvalue weighted by molar-refractivity contribution is 6.74. The number of nitrogens with zero attached hydrogens (tertiary/aromatic N) is 2. The van der Waals surface area contributed by atoms with Crippen LogP contribution in [0.3, 0.4) is 0 Å². The molecule has 0 aromatic heterocycles. The fourth-order valence-corrected chi connectivity index (χ4v) is 4.87. The van der Waals surface area contributed by atoms with E-state index in [1.54, 1.807) is 0 Å². The molecule has 1 N–H and O–H groups in total. The van der Waals surface area contributed by atoms with Gasteiger partial charge in [-0.25, -0.2) is 8.78 Å². The molecule has 1 aliphatic rings. The zero-order chi connectivity index (χ0) is 29.8. The smallest absolute Gasteiger partial charge is 0.413 e. The first-order chi connectivity index (χ1) is 17.8. The lowest BCUT2D eigenvalue weighted by Gasteiger charge is -2.46. The summed E-state index contributed by atoms with van der Waals surface area (Å²) in [6.45, 7) is 15.3. The zero-order valence-electron chi connectivity index (χ0n) is 23.5. The zero-order valence-corrected chi connectivity index (χ0v) is 24.5. The Morgan fingerprint density at radius 1 is 1.23 bits per heavy atom. The SMILES string of the molecule is C=C/C=C(\N(C)/N=C(\C=C(/C)CO[Si](C)(C)C(C)(C)C)C(F)(F)F)C1(C(=O)Nc2ccc(F)cc2)CC(F)C1. The van der Waals surface area contributed by atoms with Crippen LogP contribution in [0.2, 0.25) is 18.1 Å². The summed E-state index contributed by atoms with van der Waals surface area (Å²) in [7, 11) is -0.923. The van der Waals surface area contributed by atoms with Crippen LogP contribution in [0.4, 0.5) is 27.6 Å². The lowest BCUT2D eigenvalue weighted by Crippen LogP contribution is -2.52. The molecular formula is C28H38F5N3O2Si. The molecule has 1 aliphatic carbocycles. The Labute approximate surface area is 228 Å².